The highest BCUT2D eigenvalue weighted by Gasteiger charge is 2.06. The van der Waals surface area contributed by atoms with Crippen LogP contribution in [-0.4, -0.2) is 52.8 Å². The summed E-state index contributed by atoms with van der Waals surface area (Å²) >= 11 is 0. The second-order valence-electron chi connectivity index (χ2n) is 9.24. The van der Waals surface area contributed by atoms with E-state index in [4.69, 9.17) is 23.4 Å². The van der Waals surface area contributed by atoms with Gasteiger partial charge in [-0.25, -0.2) is 4.39 Å². The lowest BCUT2D eigenvalue weighted by Gasteiger charge is -2.08. The molecule has 0 spiro atoms. The van der Waals surface area contributed by atoms with E-state index in [1.54, 1.807) is 0 Å². The lowest BCUT2D eigenvalue weighted by Crippen LogP contribution is -2.20. The van der Waals surface area contributed by atoms with E-state index in [0.717, 1.165) is 66.0 Å². The Bertz CT molecular complexity index is 1210. The van der Waals surface area contributed by atoms with Crippen molar-refractivity contribution in [2.75, 3.05) is 52.8 Å². The van der Waals surface area contributed by atoms with Gasteiger partial charge in [-0.3, -0.25) is 0 Å². The van der Waals surface area contributed by atoms with Gasteiger partial charge in [-0.05, 0) is 53.9 Å². The van der Waals surface area contributed by atoms with Crippen LogP contribution in [0.4, 0.5) is 4.39 Å². The van der Waals surface area contributed by atoms with Crippen LogP contribution in [0.1, 0.15) is 37.2 Å². The minimum Gasteiger partial charge on any atom is -0.494 e. The van der Waals surface area contributed by atoms with E-state index < -0.39 is 0 Å². The van der Waals surface area contributed by atoms with Gasteiger partial charge in [-0.2, -0.15) is 0 Å². The number of rotatable bonds is 19. The monoisotopic (exact) mass is 565 g/mol. The molecule has 4 rings (SSSR count). The van der Waals surface area contributed by atoms with Crippen LogP contribution in [0.2, 0.25) is 0 Å². The summed E-state index contributed by atoms with van der Waals surface area (Å²) in [6.07, 6.45) is 2.45. The van der Waals surface area contributed by atoms with Crippen LogP contribution in [-0.2, 0) is 33.6 Å². The first kappa shape index (κ1) is 32.3. The van der Waals surface area contributed by atoms with Crippen LogP contribution in [0.25, 0.3) is 11.0 Å². The van der Waals surface area contributed by atoms with Gasteiger partial charge in [0.25, 0.3) is 0 Å². The predicted molar refractivity (Wildman–Crippen MR) is 162 cm³/mol. The molecule has 0 saturated heterocycles. The van der Waals surface area contributed by atoms with Crippen LogP contribution in [0, 0.1) is 5.82 Å². The second-order valence-corrected chi connectivity index (χ2v) is 9.24. The van der Waals surface area contributed by atoms with Crippen molar-refractivity contribution in [2.45, 2.75) is 39.7 Å². The number of halogens is 1. The Kier molecular flexibility index (Phi) is 15.6. The molecule has 0 saturated carbocycles. The molecule has 0 unspecified atom stereocenters. The standard InChI is InChI=1S/C32H38FNO5.C2H6/c33-29-12-8-26(9-13-29)10-14-31-24-28-11-7-27(23-32(28)39-31)25-34-15-18-36-20-22-37-21-19-35-16-4-17-38-30-5-2-1-3-6-30;1-2/h1-3,5-9,11-13,23-24,34H,4,10,14-22,25H2;1-2H3. The number of fused-ring (bicyclic) bond motifs is 1. The lowest BCUT2D eigenvalue weighted by atomic mass is 10.1. The molecule has 0 amide bonds. The molecule has 1 aromatic heterocycles. The molecule has 41 heavy (non-hydrogen) atoms. The first-order valence-corrected chi connectivity index (χ1v) is 14.6. The molecule has 6 nitrogen and oxygen atoms in total. The molecular formula is C34H44FNO5. The molecular weight excluding hydrogens is 521 g/mol. The highest BCUT2D eigenvalue weighted by Crippen LogP contribution is 2.22. The fourth-order valence-electron chi connectivity index (χ4n) is 4.07. The van der Waals surface area contributed by atoms with E-state index in [9.17, 15) is 4.39 Å². The number of furan rings is 1. The summed E-state index contributed by atoms with van der Waals surface area (Å²) in [5.41, 5.74) is 3.15. The fourth-order valence-corrected chi connectivity index (χ4v) is 4.07. The number of para-hydroxylation sites is 1. The van der Waals surface area contributed by atoms with Gasteiger partial charge in [0, 0.05) is 37.9 Å². The summed E-state index contributed by atoms with van der Waals surface area (Å²) < 4.78 is 41.5. The average Bonchev–Trinajstić information content (AvgIpc) is 3.42. The molecule has 222 valence electrons. The number of aryl methyl sites for hydroxylation is 2. The number of ether oxygens (including phenoxy) is 4. The summed E-state index contributed by atoms with van der Waals surface area (Å²) in [5, 5.41) is 4.50. The summed E-state index contributed by atoms with van der Waals surface area (Å²) in [6.45, 7) is 9.67. The maximum atomic E-state index is 13.1. The molecule has 0 fully saturated rings. The Balaban J connectivity index is 0.00000226. The van der Waals surface area contributed by atoms with Gasteiger partial charge < -0.3 is 28.7 Å². The molecule has 7 heteroatoms. The van der Waals surface area contributed by atoms with Gasteiger partial charge in [-0.15, -0.1) is 0 Å². The van der Waals surface area contributed by atoms with Crippen molar-refractivity contribution in [3.8, 4) is 5.75 Å². The third-order valence-electron chi connectivity index (χ3n) is 6.15. The lowest BCUT2D eigenvalue weighted by molar-refractivity contribution is 0.0133. The van der Waals surface area contributed by atoms with Gasteiger partial charge in [0.1, 0.15) is 22.9 Å². The zero-order valence-electron chi connectivity index (χ0n) is 24.4. The fraction of sp³-hybridized carbons (Fsp3) is 0.412. The van der Waals surface area contributed by atoms with E-state index in [0.29, 0.717) is 46.2 Å². The molecule has 0 bridgehead atoms. The van der Waals surface area contributed by atoms with Crippen LogP contribution in [0.5, 0.6) is 5.75 Å². The molecule has 0 atom stereocenters. The Morgan fingerprint density at radius 3 is 2.12 bits per heavy atom. The minimum absolute atomic E-state index is 0.210. The molecule has 0 aliphatic carbocycles. The van der Waals surface area contributed by atoms with Crippen molar-refractivity contribution in [2.24, 2.45) is 0 Å². The average molecular weight is 566 g/mol. The number of hydrogen-bond acceptors (Lipinski definition) is 6. The van der Waals surface area contributed by atoms with Crippen molar-refractivity contribution in [3.05, 3.63) is 102 Å². The number of hydrogen-bond donors (Lipinski definition) is 1. The van der Waals surface area contributed by atoms with Crippen LogP contribution < -0.4 is 10.1 Å². The highest BCUT2D eigenvalue weighted by atomic mass is 19.1. The Labute approximate surface area is 243 Å². The van der Waals surface area contributed by atoms with E-state index >= 15 is 0 Å². The van der Waals surface area contributed by atoms with Crippen molar-refractivity contribution >= 4 is 11.0 Å². The van der Waals surface area contributed by atoms with Gasteiger partial charge in [0.05, 0.1) is 39.6 Å². The maximum Gasteiger partial charge on any atom is 0.134 e. The molecule has 4 aromatic rings. The third-order valence-corrected chi connectivity index (χ3v) is 6.15. The van der Waals surface area contributed by atoms with E-state index in [1.807, 2.05) is 56.3 Å². The SMILES string of the molecule is CC.Fc1ccc(CCc2cc3ccc(CNCCOCCOCCOCCCOc4ccccc4)cc3o2)cc1. The summed E-state index contributed by atoms with van der Waals surface area (Å²) in [5.74, 6) is 1.62. The molecule has 0 aliphatic rings. The quantitative estimate of drug-likeness (QED) is 0.124. The molecule has 0 aliphatic heterocycles. The first-order valence-electron chi connectivity index (χ1n) is 14.6. The summed E-state index contributed by atoms with van der Waals surface area (Å²) in [4.78, 5) is 0. The van der Waals surface area contributed by atoms with Crippen molar-refractivity contribution in [3.63, 3.8) is 0 Å². The summed E-state index contributed by atoms with van der Waals surface area (Å²) in [6, 6.07) is 24.8. The molecule has 1 heterocycles. The smallest absolute Gasteiger partial charge is 0.134 e. The zero-order chi connectivity index (χ0) is 29.0. The largest absolute Gasteiger partial charge is 0.494 e. The van der Waals surface area contributed by atoms with Crippen molar-refractivity contribution in [1.82, 2.24) is 5.32 Å². The van der Waals surface area contributed by atoms with E-state index in [1.165, 1.54) is 12.1 Å². The van der Waals surface area contributed by atoms with Gasteiger partial charge in [-0.1, -0.05) is 56.3 Å². The Hall–Kier alpha value is -3.23. The first-order chi connectivity index (χ1) is 20.3. The van der Waals surface area contributed by atoms with Gasteiger partial charge >= 0.3 is 0 Å². The normalized spacial score (nSPS) is 10.9. The zero-order valence-corrected chi connectivity index (χ0v) is 24.4. The Morgan fingerprint density at radius 2 is 1.37 bits per heavy atom. The van der Waals surface area contributed by atoms with E-state index in [-0.39, 0.29) is 5.82 Å². The highest BCUT2D eigenvalue weighted by molar-refractivity contribution is 5.78. The minimum atomic E-state index is -0.210. The molecule has 0 radical (unpaired) electrons. The second kappa shape index (κ2) is 19.8. The van der Waals surface area contributed by atoms with Gasteiger partial charge in [0.2, 0.25) is 0 Å². The number of benzene rings is 3. The maximum absolute atomic E-state index is 13.1. The topological polar surface area (TPSA) is 62.1 Å². The number of nitrogens with one attached hydrogen (secondary N) is 1. The third kappa shape index (κ3) is 12.9. The van der Waals surface area contributed by atoms with Crippen LogP contribution in [0.3, 0.4) is 0 Å². The van der Waals surface area contributed by atoms with Crippen LogP contribution >= 0.6 is 0 Å². The van der Waals surface area contributed by atoms with Crippen molar-refractivity contribution < 1.29 is 27.8 Å². The van der Waals surface area contributed by atoms with Crippen LogP contribution in [0.15, 0.2) is 83.3 Å². The molecule has 1 N–H and O–H groups in total. The summed E-state index contributed by atoms with van der Waals surface area (Å²) in [7, 11) is 0. The predicted octanol–water partition coefficient (Wildman–Crippen LogP) is 6.99. The van der Waals surface area contributed by atoms with Gasteiger partial charge in [0.15, 0.2) is 0 Å². The Morgan fingerprint density at radius 1 is 0.683 bits per heavy atom. The van der Waals surface area contributed by atoms with Crippen molar-refractivity contribution in [1.29, 1.82) is 0 Å². The molecule has 3 aromatic carbocycles. The van der Waals surface area contributed by atoms with E-state index in [2.05, 4.69) is 29.6 Å².